The van der Waals surface area contributed by atoms with Crippen molar-refractivity contribution < 1.29 is 43.2 Å². The lowest BCUT2D eigenvalue weighted by Gasteiger charge is -2.18. The number of nitrogens with zero attached hydrogens (tertiary/aromatic N) is 1. The van der Waals surface area contributed by atoms with Crippen LogP contribution in [0.15, 0.2) is 48.5 Å². The molecule has 11 heteroatoms. The molecule has 43 heavy (non-hydrogen) atoms. The first kappa shape index (κ1) is 35.6. The molecule has 3 rings (SSSR count). The van der Waals surface area contributed by atoms with Crippen LogP contribution in [0, 0.1) is 0 Å². The summed E-state index contributed by atoms with van der Waals surface area (Å²) in [4.78, 5) is 48.8. The molecule has 0 saturated carbocycles. The monoisotopic (exact) mass is 600 g/mol. The van der Waals surface area contributed by atoms with Gasteiger partial charge >= 0.3 is 5.97 Å². The zero-order valence-corrected chi connectivity index (χ0v) is 25.5. The van der Waals surface area contributed by atoms with Gasteiger partial charge in [0.25, 0.3) is 17.7 Å². The minimum atomic E-state index is -1.11. The topological polar surface area (TPSA) is 141 Å². The molecular weight excluding hydrogens is 556 g/mol. The molecular formula is C32H44N2O9. The number of carbonyl (C=O) groups excluding carboxylic acids is 3. The maximum absolute atomic E-state index is 12.2. The van der Waals surface area contributed by atoms with Gasteiger partial charge in [0.1, 0.15) is 0 Å². The number of rotatable bonds is 18. The van der Waals surface area contributed by atoms with E-state index in [9.17, 15) is 19.2 Å². The van der Waals surface area contributed by atoms with Crippen molar-refractivity contribution in [3.8, 4) is 0 Å². The van der Waals surface area contributed by atoms with E-state index < -0.39 is 5.97 Å². The molecule has 0 aliphatic carbocycles. The average molecular weight is 601 g/mol. The smallest absolute Gasteiger partial charge is 0.336 e. The van der Waals surface area contributed by atoms with Gasteiger partial charge in [0.2, 0.25) is 0 Å². The van der Waals surface area contributed by atoms with E-state index in [1.54, 1.807) is 36.4 Å². The molecule has 2 N–H and O–H groups in total. The molecule has 3 amide bonds. The van der Waals surface area contributed by atoms with E-state index in [0.717, 1.165) is 0 Å². The first-order valence-corrected chi connectivity index (χ1v) is 14.8. The lowest BCUT2D eigenvalue weighted by Crippen LogP contribution is -2.31. The fourth-order valence-electron chi connectivity index (χ4n) is 4.46. The average Bonchev–Trinajstić information content (AvgIpc) is 3.24. The number of carbonyl (C=O) groups is 4. The number of nitrogens with one attached hydrogen (secondary N) is 1. The molecule has 0 spiro atoms. The molecule has 2 aromatic carbocycles. The lowest BCUT2D eigenvalue weighted by atomic mass is 10.1. The second kappa shape index (κ2) is 19.5. The largest absolute Gasteiger partial charge is 0.478 e. The van der Waals surface area contributed by atoms with Crippen LogP contribution in [0.3, 0.4) is 0 Å². The van der Waals surface area contributed by atoms with Crippen molar-refractivity contribution in [3.63, 3.8) is 0 Å². The number of ether oxygens (including phenoxy) is 4. The highest BCUT2D eigenvalue weighted by molar-refractivity contribution is 6.21. The number of benzene rings is 2. The Labute approximate surface area is 253 Å². The van der Waals surface area contributed by atoms with Crippen molar-refractivity contribution in [1.82, 2.24) is 10.2 Å². The van der Waals surface area contributed by atoms with Gasteiger partial charge in [-0.2, -0.15) is 0 Å². The van der Waals surface area contributed by atoms with Gasteiger partial charge in [-0.25, -0.2) is 4.79 Å². The van der Waals surface area contributed by atoms with Gasteiger partial charge in [-0.05, 0) is 64.8 Å². The van der Waals surface area contributed by atoms with Crippen LogP contribution < -0.4 is 5.32 Å². The summed E-state index contributed by atoms with van der Waals surface area (Å²) in [6.45, 7) is 10.8. The van der Waals surface area contributed by atoms with Crippen LogP contribution in [0.2, 0.25) is 0 Å². The predicted molar refractivity (Wildman–Crippen MR) is 160 cm³/mol. The van der Waals surface area contributed by atoms with Crippen molar-refractivity contribution in [2.75, 3.05) is 39.5 Å². The van der Waals surface area contributed by atoms with Crippen LogP contribution in [-0.4, -0.2) is 85.8 Å². The highest BCUT2D eigenvalue weighted by Crippen LogP contribution is 2.23. The van der Waals surface area contributed by atoms with Crippen LogP contribution >= 0.6 is 0 Å². The van der Waals surface area contributed by atoms with Crippen LogP contribution in [0.25, 0.3) is 0 Å². The third kappa shape index (κ3) is 11.2. The first-order chi connectivity index (χ1) is 20.8. The van der Waals surface area contributed by atoms with Crippen molar-refractivity contribution in [3.05, 3.63) is 70.8 Å². The predicted octanol–water partition coefficient (Wildman–Crippen LogP) is 4.76. The number of aromatic carboxylic acids is 1. The Bertz CT molecular complexity index is 1140. The summed E-state index contributed by atoms with van der Waals surface area (Å²) in [7, 11) is 0. The summed E-state index contributed by atoms with van der Waals surface area (Å²) < 4.78 is 21.7. The highest BCUT2D eigenvalue weighted by Gasteiger charge is 2.34. The molecule has 0 unspecified atom stereocenters. The second-order valence-electron chi connectivity index (χ2n) is 9.38. The Morgan fingerprint density at radius 2 is 1.16 bits per heavy atom. The Balaban J connectivity index is 0.000000300. The molecule has 11 nitrogen and oxygen atoms in total. The Hall–Kier alpha value is -3.64. The standard InChI is InChI=1S/C16H23NO5.C16H21NO4/c1-3-21-14(22-4-2)10-7-11-17-15(18)12-8-5-6-9-13(12)16(19)20;1-3-20-14(21-4-2)10-7-11-17-15(18)12-8-5-6-9-13(12)16(17)19/h5-6,8-9,14H,3-4,7,10-11H2,1-2H3,(H,17,18)(H,19,20);5-6,8-9,14H,3-4,7,10-11H2,1-2H3. The Morgan fingerprint density at radius 3 is 1.63 bits per heavy atom. The zero-order chi connectivity index (χ0) is 31.6. The molecule has 0 radical (unpaired) electrons. The first-order valence-electron chi connectivity index (χ1n) is 14.8. The maximum Gasteiger partial charge on any atom is 0.336 e. The molecule has 1 heterocycles. The van der Waals surface area contributed by atoms with Crippen molar-refractivity contribution in [2.45, 2.75) is 66.0 Å². The van der Waals surface area contributed by atoms with E-state index >= 15 is 0 Å². The summed E-state index contributed by atoms with van der Waals surface area (Å²) in [5.74, 6) is -1.92. The quantitative estimate of drug-likeness (QED) is 0.141. The van der Waals surface area contributed by atoms with Gasteiger partial charge < -0.3 is 29.4 Å². The summed E-state index contributed by atoms with van der Waals surface area (Å²) in [5.41, 5.74) is 1.16. The number of imide groups is 1. The van der Waals surface area contributed by atoms with Crippen LogP contribution in [0.1, 0.15) is 94.8 Å². The normalized spacial score (nSPS) is 12.4. The molecule has 0 bridgehead atoms. The molecule has 1 aliphatic rings. The lowest BCUT2D eigenvalue weighted by molar-refractivity contribution is -0.140. The van der Waals surface area contributed by atoms with E-state index in [4.69, 9.17) is 24.1 Å². The van der Waals surface area contributed by atoms with E-state index in [-0.39, 0.29) is 41.4 Å². The molecule has 2 aromatic rings. The summed E-state index contributed by atoms with van der Waals surface area (Å²) in [6.07, 6.45) is 2.15. The van der Waals surface area contributed by atoms with Gasteiger partial charge in [0.05, 0.1) is 22.3 Å². The summed E-state index contributed by atoms with van der Waals surface area (Å²) >= 11 is 0. The number of carboxylic acids is 1. The van der Waals surface area contributed by atoms with Crippen molar-refractivity contribution >= 4 is 23.7 Å². The molecule has 236 valence electrons. The molecule has 1 aliphatic heterocycles. The Kier molecular flexibility index (Phi) is 16.1. The van der Waals surface area contributed by atoms with Gasteiger partial charge in [-0.1, -0.05) is 24.3 Å². The molecule has 0 aromatic heterocycles. The van der Waals surface area contributed by atoms with Gasteiger partial charge in [-0.15, -0.1) is 0 Å². The van der Waals surface area contributed by atoms with Gasteiger partial charge in [-0.3, -0.25) is 19.3 Å². The van der Waals surface area contributed by atoms with E-state index in [1.165, 1.54) is 17.0 Å². The summed E-state index contributed by atoms with van der Waals surface area (Å²) in [6, 6.07) is 13.1. The second-order valence-corrected chi connectivity index (χ2v) is 9.38. The van der Waals surface area contributed by atoms with E-state index in [1.807, 2.05) is 27.7 Å². The van der Waals surface area contributed by atoms with E-state index in [2.05, 4.69) is 5.32 Å². The van der Waals surface area contributed by atoms with Crippen LogP contribution in [0.5, 0.6) is 0 Å². The van der Waals surface area contributed by atoms with Crippen LogP contribution in [0.4, 0.5) is 0 Å². The van der Waals surface area contributed by atoms with Gasteiger partial charge in [0, 0.05) is 52.4 Å². The summed E-state index contributed by atoms with van der Waals surface area (Å²) in [5, 5.41) is 11.8. The minimum absolute atomic E-state index is 0.00140. The molecule has 0 fully saturated rings. The number of carboxylic acid groups (broad SMARTS) is 1. The molecule has 0 atom stereocenters. The van der Waals surface area contributed by atoms with E-state index in [0.29, 0.717) is 76.3 Å². The third-order valence-corrected chi connectivity index (χ3v) is 6.41. The number of fused-ring (bicyclic) bond motifs is 1. The number of amides is 3. The van der Waals surface area contributed by atoms with Gasteiger partial charge in [0.15, 0.2) is 12.6 Å². The fourth-order valence-corrected chi connectivity index (χ4v) is 4.46. The number of hydrogen-bond acceptors (Lipinski definition) is 8. The third-order valence-electron chi connectivity index (χ3n) is 6.41. The molecule has 0 saturated heterocycles. The van der Waals surface area contributed by atoms with Crippen molar-refractivity contribution in [2.24, 2.45) is 0 Å². The number of hydrogen-bond donors (Lipinski definition) is 2. The SMILES string of the molecule is CCOC(CCCN1C(=O)c2ccccc2C1=O)OCC.CCOC(CCCNC(=O)c1ccccc1C(=O)O)OCC. The van der Waals surface area contributed by atoms with Crippen molar-refractivity contribution in [1.29, 1.82) is 0 Å². The fraction of sp³-hybridized carbons (Fsp3) is 0.500. The minimum Gasteiger partial charge on any atom is -0.478 e. The maximum atomic E-state index is 12.2. The zero-order valence-electron chi connectivity index (χ0n) is 25.5. The Morgan fingerprint density at radius 1 is 0.721 bits per heavy atom. The van der Waals surface area contributed by atoms with Crippen LogP contribution in [-0.2, 0) is 18.9 Å². The highest BCUT2D eigenvalue weighted by atomic mass is 16.7.